The maximum absolute atomic E-state index is 11.7. The van der Waals surface area contributed by atoms with Gasteiger partial charge in [0.2, 0.25) is 0 Å². The average molecular weight is 296 g/mol. The van der Waals surface area contributed by atoms with E-state index in [4.69, 9.17) is 14.6 Å². The monoisotopic (exact) mass is 296 g/mol. The summed E-state index contributed by atoms with van der Waals surface area (Å²) in [7, 11) is 1.52. The van der Waals surface area contributed by atoms with Crippen LogP contribution < -0.4 is 20.1 Å². The molecule has 7 nitrogen and oxygen atoms in total. The van der Waals surface area contributed by atoms with E-state index in [2.05, 4.69) is 10.6 Å². The first-order valence-corrected chi connectivity index (χ1v) is 6.53. The molecule has 0 radical (unpaired) electrons. The Morgan fingerprint density at radius 2 is 2.05 bits per heavy atom. The van der Waals surface area contributed by atoms with E-state index in [0.29, 0.717) is 17.2 Å². The van der Waals surface area contributed by atoms with Crippen LogP contribution in [0.15, 0.2) is 18.2 Å². The Labute approximate surface area is 123 Å². The van der Waals surface area contributed by atoms with E-state index < -0.39 is 12.0 Å². The predicted molar refractivity (Wildman–Crippen MR) is 78.0 cm³/mol. The highest BCUT2D eigenvalue weighted by Crippen LogP contribution is 2.29. The number of ether oxygens (including phenoxy) is 2. The molecule has 7 heteroatoms. The molecule has 2 amide bonds. The fraction of sp³-hybridized carbons (Fsp3) is 0.429. The SMILES string of the molecule is COc1ccc(OC(C)C)c(NC(=O)NCCC(=O)O)c1. The van der Waals surface area contributed by atoms with E-state index in [-0.39, 0.29) is 19.1 Å². The third-order valence-corrected chi connectivity index (χ3v) is 2.42. The number of nitrogens with one attached hydrogen (secondary N) is 2. The maximum Gasteiger partial charge on any atom is 0.319 e. The Kier molecular flexibility index (Phi) is 6.32. The fourth-order valence-electron chi connectivity index (χ4n) is 1.54. The molecule has 0 atom stereocenters. The molecule has 3 N–H and O–H groups in total. The van der Waals surface area contributed by atoms with Crippen LogP contribution in [0.4, 0.5) is 10.5 Å². The van der Waals surface area contributed by atoms with Gasteiger partial charge in [-0.2, -0.15) is 0 Å². The molecule has 0 aliphatic heterocycles. The van der Waals surface area contributed by atoms with E-state index in [1.165, 1.54) is 7.11 Å². The van der Waals surface area contributed by atoms with Gasteiger partial charge in [0.1, 0.15) is 11.5 Å². The molecule has 0 unspecified atom stereocenters. The van der Waals surface area contributed by atoms with Gasteiger partial charge < -0.3 is 25.2 Å². The van der Waals surface area contributed by atoms with Crippen molar-refractivity contribution in [2.45, 2.75) is 26.4 Å². The van der Waals surface area contributed by atoms with Gasteiger partial charge in [-0.15, -0.1) is 0 Å². The molecule has 0 fully saturated rings. The number of urea groups is 1. The van der Waals surface area contributed by atoms with Crippen LogP contribution in [0.2, 0.25) is 0 Å². The van der Waals surface area contributed by atoms with Crippen molar-refractivity contribution >= 4 is 17.7 Å². The topological polar surface area (TPSA) is 96.9 Å². The first-order valence-electron chi connectivity index (χ1n) is 6.53. The number of hydrogen-bond donors (Lipinski definition) is 3. The number of anilines is 1. The highest BCUT2D eigenvalue weighted by molar-refractivity contribution is 5.91. The lowest BCUT2D eigenvalue weighted by Gasteiger charge is -2.16. The van der Waals surface area contributed by atoms with Crippen LogP contribution in [0.3, 0.4) is 0 Å². The Morgan fingerprint density at radius 1 is 1.33 bits per heavy atom. The van der Waals surface area contributed by atoms with Crippen molar-refractivity contribution in [1.82, 2.24) is 5.32 Å². The number of methoxy groups -OCH3 is 1. The molecule has 116 valence electrons. The van der Waals surface area contributed by atoms with E-state index in [1.807, 2.05) is 13.8 Å². The Morgan fingerprint density at radius 3 is 2.62 bits per heavy atom. The lowest BCUT2D eigenvalue weighted by atomic mass is 10.2. The second-order valence-corrected chi connectivity index (χ2v) is 4.55. The van der Waals surface area contributed by atoms with Crippen molar-refractivity contribution in [3.8, 4) is 11.5 Å². The number of amides is 2. The number of carbonyl (C=O) groups excluding carboxylic acids is 1. The summed E-state index contributed by atoms with van der Waals surface area (Å²) < 4.78 is 10.7. The average Bonchev–Trinajstić information content (AvgIpc) is 2.39. The molecule has 0 saturated carbocycles. The van der Waals surface area contributed by atoms with Crippen molar-refractivity contribution in [2.24, 2.45) is 0 Å². The molecule has 21 heavy (non-hydrogen) atoms. The standard InChI is InChI=1S/C14H20N2O5/c1-9(2)21-12-5-4-10(20-3)8-11(12)16-14(19)15-7-6-13(17)18/h4-5,8-9H,6-7H2,1-3H3,(H,17,18)(H2,15,16,19). The van der Waals surface area contributed by atoms with E-state index >= 15 is 0 Å². The first-order chi connectivity index (χ1) is 9.92. The number of aliphatic carboxylic acids is 1. The first kappa shape index (κ1) is 16.6. The van der Waals surface area contributed by atoms with Gasteiger partial charge in [-0.25, -0.2) is 4.79 Å². The number of hydrogen-bond acceptors (Lipinski definition) is 4. The Bertz CT molecular complexity index is 502. The second-order valence-electron chi connectivity index (χ2n) is 4.55. The van der Waals surface area contributed by atoms with Gasteiger partial charge in [-0.1, -0.05) is 0 Å². The molecule has 0 bridgehead atoms. The molecular formula is C14H20N2O5. The van der Waals surface area contributed by atoms with Crippen molar-refractivity contribution in [3.05, 3.63) is 18.2 Å². The van der Waals surface area contributed by atoms with Crippen molar-refractivity contribution in [1.29, 1.82) is 0 Å². The van der Waals surface area contributed by atoms with Gasteiger partial charge in [0.05, 0.1) is 25.3 Å². The highest BCUT2D eigenvalue weighted by atomic mass is 16.5. The summed E-state index contributed by atoms with van der Waals surface area (Å²) >= 11 is 0. The van der Waals surface area contributed by atoms with Gasteiger partial charge in [0, 0.05) is 12.6 Å². The summed E-state index contributed by atoms with van der Waals surface area (Å²) in [6, 6.07) is 4.56. The predicted octanol–water partition coefficient (Wildman–Crippen LogP) is 2.08. The lowest BCUT2D eigenvalue weighted by molar-refractivity contribution is -0.136. The summed E-state index contributed by atoms with van der Waals surface area (Å²) in [4.78, 5) is 22.1. The smallest absolute Gasteiger partial charge is 0.319 e. The molecule has 1 rings (SSSR count). The lowest BCUT2D eigenvalue weighted by Crippen LogP contribution is -2.30. The number of benzene rings is 1. The normalized spacial score (nSPS) is 10.1. The fourth-order valence-corrected chi connectivity index (χ4v) is 1.54. The minimum atomic E-state index is -0.972. The largest absolute Gasteiger partial charge is 0.497 e. The van der Waals surface area contributed by atoms with Crippen LogP contribution in [0.5, 0.6) is 11.5 Å². The number of carboxylic acid groups (broad SMARTS) is 1. The van der Waals surface area contributed by atoms with Crippen molar-refractivity contribution < 1.29 is 24.2 Å². The third kappa shape index (κ3) is 6.03. The molecule has 0 saturated heterocycles. The summed E-state index contributed by atoms with van der Waals surface area (Å²) in [5.74, 6) is 0.117. The maximum atomic E-state index is 11.7. The van der Waals surface area contributed by atoms with E-state index in [0.717, 1.165) is 0 Å². The summed E-state index contributed by atoms with van der Waals surface area (Å²) in [5.41, 5.74) is 0.455. The molecule has 0 aliphatic carbocycles. The highest BCUT2D eigenvalue weighted by Gasteiger charge is 2.11. The summed E-state index contributed by atoms with van der Waals surface area (Å²) in [6.07, 6.45) is -0.185. The molecule has 0 aromatic heterocycles. The zero-order valence-electron chi connectivity index (χ0n) is 12.3. The Hall–Kier alpha value is -2.44. The summed E-state index contributed by atoms with van der Waals surface area (Å²) in [5, 5.41) is 13.6. The molecule has 0 spiro atoms. The zero-order chi connectivity index (χ0) is 15.8. The molecule has 0 aliphatic rings. The quantitative estimate of drug-likeness (QED) is 0.715. The van der Waals surface area contributed by atoms with Gasteiger partial charge in [-0.05, 0) is 26.0 Å². The molecular weight excluding hydrogens is 276 g/mol. The van der Waals surface area contributed by atoms with Gasteiger partial charge in [0.25, 0.3) is 0 Å². The van der Waals surface area contributed by atoms with Crippen molar-refractivity contribution in [3.63, 3.8) is 0 Å². The minimum Gasteiger partial charge on any atom is -0.497 e. The molecule has 1 aromatic carbocycles. The number of rotatable bonds is 7. The van der Waals surface area contributed by atoms with E-state index in [9.17, 15) is 9.59 Å². The molecule has 1 aromatic rings. The van der Waals surface area contributed by atoms with Crippen LogP contribution >= 0.6 is 0 Å². The van der Waals surface area contributed by atoms with Gasteiger partial charge in [-0.3, -0.25) is 4.79 Å². The third-order valence-electron chi connectivity index (χ3n) is 2.42. The van der Waals surface area contributed by atoms with Crippen LogP contribution in [0.1, 0.15) is 20.3 Å². The van der Waals surface area contributed by atoms with Crippen LogP contribution in [-0.4, -0.2) is 36.9 Å². The van der Waals surface area contributed by atoms with Crippen LogP contribution in [0.25, 0.3) is 0 Å². The summed E-state index contributed by atoms with van der Waals surface area (Å²) in [6.45, 7) is 3.80. The van der Waals surface area contributed by atoms with E-state index in [1.54, 1.807) is 18.2 Å². The Balaban J connectivity index is 2.74. The molecule has 0 heterocycles. The second kappa shape index (κ2) is 7.98. The van der Waals surface area contributed by atoms with Gasteiger partial charge >= 0.3 is 12.0 Å². The van der Waals surface area contributed by atoms with Gasteiger partial charge in [0.15, 0.2) is 0 Å². The number of carboxylic acids is 1. The van der Waals surface area contributed by atoms with Crippen molar-refractivity contribution in [2.75, 3.05) is 19.0 Å². The zero-order valence-corrected chi connectivity index (χ0v) is 12.3. The van der Waals surface area contributed by atoms with Crippen LogP contribution in [0, 0.1) is 0 Å². The minimum absolute atomic E-state index is 0.0471. The van der Waals surface area contributed by atoms with Crippen LogP contribution in [-0.2, 0) is 4.79 Å². The number of carbonyl (C=O) groups is 2.